The van der Waals surface area contributed by atoms with Crippen molar-refractivity contribution in [2.24, 2.45) is 0 Å². The van der Waals surface area contributed by atoms with Gasteiger partial charge in [-0.2, -0.15) is 0 Å². The summed E-state index contributed by atoms with van der Waals surface area (Å²) in [7, 11) is 0. The first kappa shape index (κ1) is 12.7. The van der Waals surface area contributed by atoms with Crippen molar-refractivity contribution in [1.82, 2.24) is 5.32 Å². The highest BCUT2D eigenvalue weighted by Crippen LogP contribution is 2.24. The first-order chi connectivity index (χ1) is 9.24. The lowest BCUT2D eigenvalue weighted by Gasteiger charge is -2.06. The fourth-order valence-corrected chi connectivity index (χ4v) is 3.59. The summed E-state index contributed by atoms with van der Waals surface area (Å²) in [6.45, 7) is 1.52. The molecule has 2 heterocycles. The number of hydrogen-bond acceptors (Lipinski definition) is 3. The molecule has 2 aromatic rings. The van der Waals surface area contributed by atoms with Crippen molar-refractivity contribution in [3.63, 3.8) is 0 Å². The standard InChI is InChI=1S/C14H13BrN2OS/c15-11-4-6-19-13(11)8-17-14(18)10-1-2-12-9(7-10)3-5-16-12/h1-2,4,6-7,16H,3,5,8H2,(H,17,18). The molecular weight excluding hydrogens is 324 g/mol. The monoisotopic (exact) mass is 336 g/mol. The van der Waals surface area contributed by atoms with Gasteiger partial charge in [-0.15, -0.1) is 11.3 Å². The summed E-state index contributed by atoms with van der Waals surface area (Å²) in [5, 5.41) is 8.25. The van der Waals surface area contributed by atoms with E-state index in [2.05, 4.69) is 26.6 Å². The van der Waals surface area contributed by atoms with E-state index in [-0.39, 0.29) is 5.91 Å². The lowest BCUT2D eigenvalue weighted by molar-refractivity contribution is 0.0951. The topological polar surface area (TPSA) is 41.1 Å². The van der Waals surface area contributed by atoms with Crippen LogP contribution >= 0.6 is 27.3 Å². The highest BCUT2D eigenvalue weighted by Gasteiger charge is 2.13. The van der Waals surface area contributed by atoms with Crippen LogP contribution in [-0.2, 0) is 13.0 Å². The molecule has 0 bridgehead atoms. The Morgan fingerprint density at radius 3 is 3.11 bits per heavy atom. The van der Waals surface area contributed by atoms with E-state index in [1.807, 2.05) is 29.6 Å². The summed E-state index contributed by atoms with van der Waals surface area (Å²) < 4.78 is 1.05. The van der Waals surface area contributed by atoms with Gasteiger partial charge in [0.1, 0.15) is 0 Å². The molecule has 0 radical (unpaired) electrons. The molecule has 3 nitrogen and oxygen atoms in total. The molecule has 3 rings (SSSR count). The van der Waals surface area contributed by atoms with E-state index in [9.17, 15) is 4.79 Å². The van der Waals surface area contributed by atoms with E-state index in [4.69, 9.17) is 0 Å². The average Bonchev–Trinajstić information content (AvgIpc) is 3.03. The Labute approximate surface area is 124 Å². The van der Waals surface area contributed by atoms with Crippen LogP contribution in [0.2, 0.25) is 0 Å². The van der Waals surface area contributed by atoms with Gasteiger partial charge in [0.2, 0.25) is 0 Å². The SMILES string of the molecule is O=C(NCc1sccc1Br)c1ccc2c(c1)CCN2. The van der Waals surface area contributed by atoms with Gasteiger partial charge in [0.05, 0.1) is 6.54 Å². The fraction of sp³-hybridized carbons (Fsp3) is 0.214. The Hall–Kier alpha value is -1.33. The largest absolute Gasteiger partial charge is 0.384 e. The van der Waals surface area contributed by atoms with Crippen molar-refractivity contribution < 1.29 is 4.79 Å². The molecule has 1 amide bonds. The zero-order valence-electron chi connectivity index (χ0n) is 10.2. The highest BCUT2D eigenvalue weighted by molar-refractivity contribution is 9.10. The quantitative estimate of drug-likeness (QED) is 0.901. The van der Waals surface area contributed by atoms with Gasteiger partial charge in [0.15, 0.2) is 0 Å². The molecule has 2 N–H and O–H groups in total. The van der Waals surface area contributed by atoms with Crippen LogP contribution in [0.4, 0.5) is 5.69 Å². The van der Waals surface area contributed by atoms with Gasteiger partial charge in [-0.1, -0.05) is 0 Å². The number of hydrogen-bond donors (Lipinski definition) is 2. The molecule has 1 aromatic carbocycles. The van der Waals surface area contributed by atoms with Gasteiger partial charge >= 0.3 is 0 Å². The number of anilines is 1. The Balaban J connectivity index is 1.69. The lowest BCUT2D eigenvalue weighted by atomic mass is 10.1. The van der Waals surface area contributed by atoms with E-state index < -0.39 is 0 Å². The van der Waals surface area contributed by atoms with Crippen LogP contribution in [0.5, 0.6) is 0 Å². The molecule has 0 saturated carbocycles. The number of rotatable bonds is 3. The Morgan fingerprint density at radius 1 is 1.42 bits per heavy atom. The zero-order valence-corrected chi connectivity index (χ0v) is 12.6. The molecule has 1 aromatic heterocycles. The molecule has 0 saturated heterocycles. The van der Waals surface area contributed by atoms with E-state index in [0.29, 0.717) is 6.54 Å². The fourth-order valence-electron chi connectivity index (χ4n) is 2.16. The second kappa shape index (κ2) is 5.35. The van der Waals surface area contributed by atoms with Crippen molar-refractivity contribution in [3.05, 3.63) is 50.1 Å². The molecule has 98 valence electrons. The van der Waals surface area contributed by atoms with E-state index >= 15 is 0 Å². The molecule has 19 heavy (non-hydrogen) atoms. The van der Waals surface area contributed by atoms with Crippen LogP contribution in [-0.4, -0.2) is 12.5 Å². The normalized spacial score (nSPS) is 12.9. The lowest BCUT2D eigenvalue weighted by Crippen LogP contribution is -2.22. The predicted octanol–water partition coefficient (Wildman–Crippen LogP) is 3.41. The molecule has 5 heteroatoms. The second-order valence-corrected chi connectivity index (χ2v) is 6.28. The zero-order chi connectivity index (χ0) is 13.2. The van der Waals surface area contributed by atoms with Gasteiger partial charge in [0, 0.05) is 27.1 Å². The van der Waals surface area contributed by atoms with Crippen LogP contribution in [0, 0.1) is 0 Å². The minimum Gasteiger partial charge on any atom is -0.384 e. The smallest absolute Gasteiger partial charge is 0.251 e. The first-order valence-corrected chi connectivity index (χ1v) is 7.78. The molecule has 0 unspecified atom stereocenters. The predicted molar refractivity (Wildman–Crippen MR) is 81.8 cm³/mol. The number of fused-ring (bicyclic) bond motifs is 1. The van der Waals surface area contributed by atoms with Gasteiger partial charge in [-0.05, 0) is 57.6 Å². The van der Waals surface area contributed by atoms with Crippen molar-refractivity contribution in [2.45, 2.75) is 13.0 Å². The maximum atomic E-state index is 12.1. The van der Waals surface area contributed by atoms with Gasteiger partial charge in [-0.3, -0.25) is 4.79 Å². The van der Waals surface area contributed by atoms with Crippen LogP contribution in [0.1, 0.15) is 20.8 Å². The molecule has 0 fully saturated rings. The van der Waals surface area contributed by atoms with Crippen molar-refractivity contribution in [3.8, 4) is 0 Å². The molecule has 0 aliphatic carbocycles. The molecule has 1 aliphatic rings. The summed E-state index contributed by atoms with van der Waals surface area (Å²) in [5.74, 6) is -0.0185. The number of thiophene rings is 1. The molecule has 1 aliphatic heterocycles. The van der Waals surface area contributed by atoms with Crippen molar-refractivity contribution in [2.75, 3.05) is 11.9 Å². The van der Waals surface area contributed by atoms with Crippen LogP contribution in [0.25, 0.3) is 0 Å². The summed E-state index contributed by atoms with van der Waals surface area (Å²) in [6, 6.07) is 7.83. The van der Waals surface area contributed by atoms with Gasteiger partial charge < -0.3 is 10.6 Å². The van der Waals surface area contributed by atoms with Gasteiger partial charge in [-0.25, -0.2) is 0 Å². The number of benzene rings is 1. The number of nitrogens with one attached hydrogen (secondary N) is 2. The number of carbonyl (C=O) groups is 1. The third kappa shape index (κ3) is 2.67. The minimum atomic E-state index is -0.0185. The molecule has 0 spiro atoms. The van der Waals surface area contributed by atoms with Crippen LogP contribution in [0.15, 0.2) is 34.1 Å². The number of halogens is 1. The first-order valence-electron chi connectivity index (χ1n) is 6.11. The van der Waals surface area contributed by atoms with Crippen molar-refractivity contribution in [1.29, 1.82) is 0 Å². The summed E-state index contributed by atoms with van der Waals surface area (Å²) in [6.07, 6.45) is 0.993. The Bertz CT molecular complexity index is 624. The Kier molecular flexibility index (Phi) is 3.57. The van der Waals surface area contributed by atoms with Crippen LogP contribution < -0.4 is 10.6 Å². The maximum Gasteiger partial charge on any atom is 0.251 e. The third-order valence-corrected chi connectivity index (χ3v) is 5.10. The highest BCUT2D eigenvalue weighted by atomic mass is 79.9. The number of carbonyl (C=O) groups excluding carboxylic acids is 1. The third-order valence-electron chi connectivity index (χ3n) is 3.18. The maximum absolute atomic E-state index is 12.1. The van der Waals surface area contributed by atoms with E-state index in [1.165, 1.54) is 5.56 Å². The Morgan fingerprint density at radius 2 is 2.32 bits per heavy atom. The second-order valence-electron chi connectivity index (χ2n) is 4.42. The van der Waals surface area contributed by atoms with Gasteiger partial charge in [0.25, 0.3) is 5.91 Å². The minimum absolute atomic E-state index is 0.0185. The number of amides is 1. The molecular formula is C14H13BrN2OS. The van der Waals surface area contributed by atoms with E-state index in [1.54, 1.807) is 11.3 Å². The summed E-state index contributed by atoms with van der Waals surface area (Å²) in [5.41, 5.74) is 3.11. The van der Waals surface area contributed by atoms with E-state index in [0.717, 1.165) is 33.6 Å². The summed E-state index contributed by atoms with van der Waals surface area (Å²) in [4.78, 5) is 13.2. The molecule has 0 atom stereocenters. The summed E-state index contributed by atoms with van der Waals surface area (Å²) >= 11 is 5.10. The van der Waals surface area contributed by atoms with Crippen molar-refractivity contribution >= 4 is 38.9 Å². The van der Waals surface area contributed by atoms with Crippen LogP contribution in [0.3, 0.4) is 0 Å². The average molecular weight is 337 g/mol.